The van der Waals surface area contributed by atoms with Gasteiger partial charge in [-0.1, -0.05) is 11.6 Å². The Balaban J connectivity index is 1.93. The second-order valence-corrected chi connectivity index (χ2v) is 7.81. The number of benzene rings is 2. The highest BCUT2D eigenvalue weighted by atomic mass is 35.5. The van der Waals surface area contributed by atoms with Gasteiger partial charge in [0.1, 0.15) is 13.2 Å². The van der Waals surface area contributed by atoms with Crippen molar-refractivity contribution in [1.82, 2.24) is 0 Å². The van der Waals surface area contributed by atoms with E-state index in [-0.39, 0.29) is 4.90 Å². The Hall–Kier alpha value is -2.71. The molecule has 0 saturated carbocycles. The lowest BCUT2D eigenvalue weighted by molar-refractivity contribution is -0.135. The lowest BCUT2D eigenvalue weighted by Crippen LogP contribution is -2.17. The van der Waals surface area contributed by atoms with Crippen molar-refractivity contribution < 1.29 is 27.4 Å². The number of methoxy groups -OCH3 is 1. The monoisotopic (exact) mass is 409 g/mol. The highest BCUT2D eigenvalue weighted by Crippen LogP contribution is 2.33. The number of carbonyl (C=O) groups is 1. The Labute approximate surface area is 161 Å². The summed E-state index contributed by atoms with van der Waals surface area (Å²) >= 11 is 5.79. The molecule has 0 radical (unpaired) electrons. The number of fused-ring (bicyclic) bond motifs is 1. The number of carbonyl (C=O) groups excluding carboxylic acids is 1. The van der Waals surface area contributed by atoms with Crippen LogP contribution in [0.25, 0.3) is 0 Å². The Morgan fingerprint density at radius 2 is 1.78 bits per heavy atom. The third-order valence-corrected chi connectivity index (χ3v) is 5.72. The molecule has 0 atom stereocenters. The summed E-state index contributed by atoms with van der Waals surface area (Å²) in [6, 6.07) is 10.5. The van der Waals surface area contributed by atoms with E-state index in [1.165, 1.54) is 24.3 Å². The zero-order valence-corrected chi connectivity index (χ0v) is 15.8. The number of sulfone groups is 1. The average molecular weight is 410 g/mol. The van der Waals surface area contributed by atoms with Crippen LogP contribution in [0, 0.1) is 0 Å². The van der Waals surface area contributed by atoms with E-state index in [1.54, 1.807) is 18.2 Å². The Bertz CT molecular complexity index is 985. The van der Waals surface area contributed by atoms with Crippen molar-refractivity contribution in [3.05, 3.63) is 58.6 Å². The molecule has 1 aliphatic rings. The highest BCUT2D eigenvalue weighted by Gasteiger charge is 2.28. The second kappa shape index (κ2) is 7.89. The first-order chi connectivity index (χ1) is 12.9. The van der Waals surface area contributed by atoms with Crippen molar-refractivity contribution in [3.8, 4) is 11.5 Å². The predicted octanol–water partition coefficient (Wildman–Crippen LogP) is 3.01. The zero-order valence-electron chi connectivity index (χ0n) is 14.3. The van der Waals surface area contributed by atoms with Gasteiger partial charge < -0.3 is 19.5 Å². The SMILES string of the molecule is COC(=O)C(=CNc1ccc2c(c1)OCCO2)S(=O)(=O)c1ccc(Cl)cc1. The van der Waals surface area contributed by atoms with Gasteiger partial charge in [-0.05, 0) is 36.4 Å². The Morgan fingerprint density at radius 1 is 1.11 bits per heavy atom. The van der Waals surface area contributed by atoms with Crippen LogP contribution in [0.15, 0.2) is 58.5 Å². The van der Waals surface area contributed by atoms with Gasteiger partial charge in [0, 0.05) is 23.0 Å². The molecule has 0 spiro atoms. The molecule has 7 nitrogen and oxygen atoms in total. The topological polar surface area (TPSA) is 90.9 Å². The number of rotatable bonds is 5. The predicted molar refractivity (Wildman–Crippen MR) is 99.8 cm³/mol. The van der Waals surface area contributed by atoms with Crippen LogP contribution >= 0.6 is 11.6 Å². The van der Waals surface area contributed by atoms with Gasteiger partial charge in [0.2, 0.25) is 9.84 Å². The summed E-state index contributed by atoms with van der Waals surface area (Å²) in [6.07, 6.45) is 1.08. The number of ether oxygens (including phenoxy) is 3. The molecule has 1 heterocycles. The normalized spacial score (nSPS) is 13.8. The summed E-state index contributed by atoms with van der Waals surface area (Å²) in [6.45, 7) is 0.885. The first-order valence-corrected chi connectivity index (χ1v) is 9.73. The van der Waals surface area contributed by atoms with Crippen LogP contribution in [-0.2, 0) is 19.4 Å². The maximum atomic E-state index is 12.8. The van der Waals surface area contributed by atoms with Crippen LogP contribution in [0.3, 0.4) is 0 Å². The van der Waals surface area contributed by atoms with Crippen molar-refractivity contribution in [1.29, 1.82) is 0 Å². The van der Waals surface area contributed by atoms with Crippen molar-refractivity contribution in [2.45, 2.75) is 4.90 Å². The molecule has 0 fully saturated rings. The van der Waals surface area contributed by atoms with Crippen molar-refractivity contribution in [3.63, 3.8) is 0 Å². The van der Waals surface area contributed by atoms with Gasteiger partial charge in [-0.3, -0.25) is 0 Å². The molecule has 3 rings (SSSR count). The van der Waals surface area contributed by atoms with E-state index < -0.39 is 20.7 Å². The molecule has 0 amide bonds. The Kier molecular flexibility index (Phi) is 5.57. The lowest BCUT2D eigenvalue weighted by Gasteiger charge is -2.18. The second-order valence-electron chi connectivity index (χ2n) is 5.46. The van der Waals surface area contributed by atoms with Crippen LogP contribution in [0.4, 0.5) is 5.69 Å². The van der Waals surface area contributed by atoms with Gasteiger partial charge in [0.25, 0.3) is 0 Å². The number of nitrogens with one attached hydrogen (secondary N) is 1. The summed E-state index contributed by atoms with van der Waals surface area (Å²) in [5.41, 5.74) is 0.520. The molecule has 0 aliphatic carbocycles. The summed E-state index contributed by atoms with van der Waals surface area (Å²) in [4.78, 5) is 11.5. The van der Waals surface area contributed by atoms with Crippen LogP contribution in [0.1, 0.15) is 0 Å². The summed E-state index contributed by atoms with van der Waals surface area (Å²) in [7, 11) is -3.00. The number of hydrogen-bond donors (Lipinski definition) is 1. The fourth-order valence-electron chi connectivity index (χ4n) is 2.37. The number of halogens is 1. The van der Waals surface area contributed by atoms with E-state index in [1.807, 2.05) is 0 Å². The van der Waals surface area contributed by atoms with Gasteiger partial charge in [0.05, 0.1) is 12.0 Å². The zero-order chi connectivity index (χ0) is 19.4. The molecule has 9 heteroatoms. The third kappa shape index (κ3) is 4.17. The molecule has 142 valence electrons. The van der Waals surface area contributed by atoms with Crippen LogP contribution in [-0.4, -0.2) is 34.7 Å². The number of esters is 1. The van der Waals surface area contributed by atoms with Gasteiger partial charge in [0.15, 0.2) is 16.4 Å². The summed E-state index contributed by atoms with van der Waals surface area (Å²) < 4.78 is 41.1. The van der Waals surface area contributed by atoms with E-state index in [0.29, 0.717) is 35.4 Å². The fraction of sp³-hybridized carbons (Fsp3) is 0.167. The molecule has 1 N–H and O–H groups in total. The lowest BCUT2D eigenvalue weighted by atomic mass is 10.2. The van der Waals surface area contributed by atoms with Gasteiger partial charge in [-0.25, -0.2) is 13.2 Å². The molecule has 0 unspecified atom stereocenters. The molecule has 0 aromatic heterocycles. The molecule has 0 bridgehead atoms. The third-order valence-electron chi connectivity index (χ3n) is 3.71. The van der Waals surface area contributed by atoms with E-state index in [9.17, 15) is 13.2 Å². The maximum absolute atomic E-state index is 12.8. The molecule has 27 heavy (non-hydrogen) atoms. The van der Waals surface area contributed by atoms with Crippen LogP contribution < -0.4 is 14.8 Å². The highest BCUT2D eigenvalue weighted by molar-refractivity contribution is 7.96. The van der Waals surface area contributed by atoms with E-state index in [2.05, 4.69) is 10.1 Å². The van der Waals surface area contributed by atoms with Gasteiger partial charge >= 0.3 is 5.97 Å². The van der Waals surface area contributed by atoms with Crippen molar-refractivity contribution in [2.24, 2.45) is 0 Å². The van der Waals surface area contributed by atoms with E-state index >= 15 is 0 Å². The van der Waals surface area contributed by atoms with Crippen LogP contribution in [0.2, 0.25) is 5.02 Å². The number of hydrogen-bond acceptors (Lipinski definition) is 7. The Morgan fingerprint density at radius 3 is 2.44 bits per heavy atom. The maximum Gasteiger partial charge on any atom is 0.351 e. The minimum Gasteiger partial charge on any atom is -0.486 e. The van der Waals surface area contributed by atoms with Crippen molar-refractivity contribution in [2.75, 3.05) is 25.6 Å². The van der Waals surface area contributed by atoms with Crippen LogP contribution in [0.5, 0.6) is 11.5 Å². The minimum atomic E-state index is -4.11. The van der Waals surface area contributed by atoms with Crippen molar-refractivity contribution >= 4 is 33.1 Å². The minimum absolute atomic E-state index is 0.0764. The standard InChI is InChI=1S/C18H16ClNO6S/c1-24-18(21)17(27(22,23)14-5-2-12(19)3-6-14)11-20-13-4-7-15-16(10-13)26-9-8-25-15/h2-7,10-11,20H,8-9H2,1H3. The molecular formula is C18H16ClNO6S. The van der Waals surface area contributed by atoms with Gasteiger partial charge in [-0.15, -0.1) is 0 Å². The molecule has 2 aromatic carbocycles. The summed E-state index contributed by atoms with van der Waals surface area (Å²) in [5.74, 6) is 0.132. The van der Waals surface area contributed by atoms with E-state index in [4.69, 9.17) is 21.1 Å². The molecule has 2 aromatic rings. The molecule has 1 aliphatic heterocycles. The quantitative estimate of drug-likeness (QED) is 0.599. The average Bonchev–Trinajstić information content (AvgIpc) is 2.68. The van der Waals surface area contributed by atoms with E-state index in [0.717, 1.165) is 13.3 Å². The first kappa shape index (κ1) is 19.1. The molecular weight excluding hydrogens is 394 g/mol. The summed E-state index contributed by atoms with van der Waals surface area (Å²) in [5, 5.41) is 3.18. The van der Waals surface area contributed by atoms with Gasteiger partial charge in [-0.2, -0.15) is 0 Å². The first-order valence-electron chi connectivity index (χ1n) is 7.87. The number of anilines is 1. The largest absolute Gasteiger partial charge is 0.486 e. The fourth-order valence-corrected chi connectivity index (χ4v) is 3.76. The molecule has 0 saturated heterocycles. The smallest absolute Gasteiger partial charge is 0.351 e.